The van der Waals surface area contributed by atoms with Crippen molar-refractivity contribution < 1.29 is 14.4 Å². The number of aromatic amines is 2. The molecule has 166 valence electrons. The van der Waals surface area contributed by atoms with Crippen molar-refractivity contribution in [1.82, 2.24) is 20.3 Å². The summed E-state index contributed by atoms with van der Waals surface area (Å²) in [6, 6.07) is 15.5. The summed E-state index contributed by atoms with van der Waals surface area (Å²) in [5, 5.41) is 3.23. The number of carbonyl (C=O) groups excluding carboxylic acids is 3. The number of hydrogen-bond donors (Lipinski definition) is 4. The molecule has 2 unspecified atom stereocenters. The molecule has 3 heterocycles. The van der Waals surface area contributed by atoms with Gasteiger partial charge in [-0.05, 0) is 24.3 Å². The summed E-state index contributed by atoms with van der Waals surface area (Å²) in [5.41, 5.74) is 7.77. The second kappa shape index (κ2) is 8.47. The van der Waals surface area contributed by atoms with Crippen LogP contribution < -0.4 is 16.0 Å². The Hall–Kier alpha value is -4.05. The molecule has 0 spiro atoms. The van der Waals surface area contributed by atoms with E-state index in [4.69, 9.17) is 5.73 Å². The van der Waals surface area contributed by atoms with E-state index in [1.807, 2.05) is 36.4 Å². The number of rotatable bonds is 5. The molecule has 0 aliphatic carbocycles. The molecule has 10 heteroatoms. The maximum absolute atomic E-state index is 13.7. The van der Waals surface area contributed by atoms with Gasteiger partial charge in [-0.15, -0.1) is 11.8 Å². The Balaban J connectivity index is 1.55. The van der Waals surface area contributed by atoms with Crippen LogP contribution in [0.3, 0.4) is 0 Å². The number of fused-ring (bicyclic) bond motifs is 2. The highest BCUT2D eigenvalue weighted by molar-refractivity contribution is 7.99. The third-order valence-electron chi connectivity index (χ3n) is 5.43. The van der Waals surface area contributed by atoms with Crippen LogP contribution in [0.4, 0.5) is 5.69 Å². The number of nitrogens with one attached hydrogen (secondary N) is 3. The number of primary amides is 1. The van der Waals surface area contributed by atoms with Gasteiger partial charge in [0.1, 0.15) is 18.3 Å². The predicted octanol–water partition coefficient (Wildman–Crippen LogP) is 2.35. The molecule has 0 bridgehead atoms. The lowest BCUT2D eigenvalue weighted by atomic mass is 10.1. The molecule has 0 fully saturated rings. The maximum atomic E-state index is 13.7. The number of hydrogen-bond acceptors (Lipinski definition) is 5. The van der Waals surface area contributed by atoms with Crippen LogP contribution >= 0.6 is 11.8 Å². The summed E-state index contributed by atoms with van der Waals surface area (Å²) < 4.78 is 0. The van der Waals surface area contributed by atoms with E-state index < -0.39 is 29.0 Å². The number of imidazole rings is 1. The molecule has 2 aromatic carbocycles. The van der Waals surface area contributed by atoms with Gasteiger partial charge in [0.25, 0.3) is 11.8 Å². The van der Waals surface area contributed by atoms with Gasteiger partial charge in [0.05, 0.1) is 23.0 Å². The number of carbonyl (C=O) groups is 3. The van der Waals surface area contributed by atoms with Crippen molar-refractivity contribution >= 4 is 46.1 Å². The van der Waals surface area contributed by atoms with Crippen molar-refractivity contribution in [2.75, 3.05) is 11.4 Å². The highest BCUT2D eigenvalue weighted by Crippen LogP contribution is 2.45. The molecule has 2 atom stereocenters. The average molecular weight is 461 g/mol. The standard InChI is InChI=1S/C23H20N6O3S/c24-19(30)11-29-17-7-3-4-8-18(17)33-21(16-10-25-12-26-16)20(23(29)32)28-22(31)15-9-13-5-1-2-6-14(13)27-15/h1-10,12,20-21,27H,11H2,(H2,24,30)(H,25,26)(H,28,31). The quantitative estimate of drug-likeness (QED) is 0.362. The van der Waals surface area contributed by atoms with E-state index in [1.54, 1.807) is 24.4 Å². The highest BCUT2D eigenvalue weighted by atomic mass is 32.2. The van der Waals surface area contributed by atoms with E-state index >= 15 is 0 Å². The zero-order valence-corrected chi connectivity index (χ0v) is 18.1. The Kier molecular flexibility index (Phi) is 5.35. The normalized spacial score (nSPS) is 18.1. The summed E-state index contributed by atoms with van der Waals surface area (Å²) in [6.45, 7) is -0.303. The van der Waals surface area contributed by atoms with E-state index in [1.165, 1.54) is 23.0 Å². The Morgan fingerprint density at radius 2 is 1.94 bits per heavy atom. The number of aromatic nitrogens is 3. The Morgan fingerprint density at radius 1 is 1.15 bits per heavy atom. The summed E-state index contributed by atoms with van der Waals surface area (Å²) in [4.78, 5) is 51.2. The molecule has 0 saturated heterocycles. The number of amides is 3. The van der Waals surface area contributed by atoms with Crippen LogP contribution in [0.1, 0.15) is 21.4 Å². The van der Waals surface area contributed by atoms with Crippen molar-refractivity contribution in [2.24, 2.45) is 5.73 Å². The van der Waals surface area contributed by atoms with Crippen molar-refractivity contribution in [3.8, 4) is 0 Å². The van der Waals surface area contributed by atoms with Gasteiger partial charge in [-0.2, -0.15) is 0 Å². The minimum absolute atomic E-state index is 0.303. The lowest BCUT2D eigenvalue weighted by Gasteiger charge is -2.27. The van der Waals surface area contributed by atoms with Gasteiger partial charge in [0.2, 0.25) is 5.91 Å². The third kappa shape index (κ3) is 3.96. The Bertz CT molecular complexity index is 1320. The molecule has 3 amide bonds. The first-order valence-corrected chi connectivity index (χ1v) is 11.1. The number of anilines is 1. The van der Waals surface area contributed by atoms with Crippen molar-refractivity contribution in [2.45, 2.75) is 16.2 Å². The largest absolute Gasteiger partial charge is 0.368 e. The smallest absolute Gasteiger partial charge is 0.268 e. The van der Waals surface area contributed by atoms with Gasteiger partial charge >= 0.3 is 0 Å². The lowest BCUT2D eigenvalue weighted by Crippen LogP contribution is -2.52. The van der Waals surface area contributed by atoms with Gasteiger partial charge in [0, 0.05) is 22.0 Å². The number of benzene rings is 2. The maximum Gasteiger partial charge on any atom is 0.268 e. The zero-order valence-electron chi connectivity index (χ0n) is 17.3. The predicted molar refractivity (Wildman–Crippen MR) is 125 cm³/mol. The molecule has 0 radical (unpaired) electrons. The first-order chi connectivity index (χ1) is 16.0. The minimum Gasteiger partial charge on any atom is -0.368 e. The monoisotopic (exact) mass is 460 g/mol. The summed E-state index contributed by atoms with van der Waals surface area (Å²) in [5.74, 6) is -1.53. The lowest BCUT2D eigenvalue weighted by molar-refractivity contribution is -0.123. The number of nitrogens with zero attached hydrogens (tertiary/aromatic N) is 2. The molecule has 5 rings (SSSR count). The average Bonchev–Trinajstić information content (AvgIpc) is 3.47. The van der Waals surface area contributed by atoms with E-state index in [-0.39, 0.29) is 6.54 Å². The van der Waals surface area contributed by atoms with E-state index in [2.05, 4.69) is 20.3 Å². The van der Waals surface area contributed by atoms with Crippen molar-refractivity contribution in [1.29, 1.82) is 0 Å². The van der Waals surface area contributed by atoms with Gasteiger partial charge in [-0.25, -0.2) is 4.98 Å². The SMILES string of the molecule is NC(=O)CN1C(=O)C(NC(=O)c2cc3ccccc3[nH]2)C(c2c[nH]cn2)Sc2ccccc21. The van der Waals surface area contributed by atoms with E-state index in [9.17, 15) is 14.4 Å². The summed E-state index contributed by atoms with van der Waals surface area (Å²) in [6.07, 6.45) is 3.22. The molecule has 2 aromatic heterocycles. The van der Waals surface area contributed by atoms with Crippen molar-refractivity contribution in [3.63, 3.8) is 0 Å². The molecular formula is C23H20N6O3S. The van der Waals surface area contributed by atoms with Crippen LogP contribution in [-0.4, -0.2) is 45.3 Å². The molecule has 5 N–H and O–H groups in total. The topological polar surface area (TPSA) is 137 Å². The van der Waals surface area contributed by atoms with Crippen LogP contribution in [-0.2, 0) is 9.59 Å². The first kappa shape index (κ1) is 20.8. The fraction of sp³-hybridized carbons (Fsp3) is 0.130. The van der Waals surface area contributed by atoms with E-state index in [0.717, 1.165) is 15.8 Å². The molecular weight excluding hydrogens is 440 g/mol. The molecule has 1 aliphatic rings. The molecule has 33 heavy (non-hydrogen) atoms. The highest BCUT2D eigenvalue weighted by Gasteiger charge is 2.41. The second-order valence-electron chi connectivity index (χ2n) is 7.61. The van der Waals surface area contributed by atoms with Gasteiger partial charge in [-0.1, -0.05) is 30.3 Å². The van der Waals surface area contributed by atoms with Crippen LogP contribution in [0.5, 0.6) is 0 Å². The number of nitrogens with two attached hydrogens (primary N) is 1. The molecule has 1 aliphatic heterocycles. The molecule has 4 aromatic rings. The first-order valence-electron chi connectivity index (χ1n) is 10.2. The van der Waals surface area contributed by atoms with Crippen molar-refractivity contribution in [3.05, 3.63) is 78.5 Å². The Labute approximate surface area is 192 Å². The zero-order chi connectivity index (χ0) is 22.9. The van der Waals surface area contributed by atoms with Crippen LogP contribution in [0.25, 0.3) is 10.9 Å². The Morgan fingerprint density at radius 3 is 2.70 bits per heavy atom. The molecule has 9 nitrogen and oxygen atoms in total. The fourth-order valence-corrected chi connectivity index (χ4v) is 5.23. The number of para-hydroxylation sites is 2. The van der Waals surface area contributed by atoms with Crippen LogP contribution in [0, 0.1) is 0 Å². The van der Waals surface area contributed by atoms with E-state index in [0.29, 0.717) is 17.1 Å². The second-order valence-corrected chi connectivity index (χ2v) is 8.80. The van der Waals surface area contributed by atoms with Crippen LogP contribution in [0.2, 0.25) is 0 Å². The summed E-state index contributed by atoms with van der Waals surface area (Å²) in [7, 11) is 0. The van der Waals surface area contributed by atoms with Gasteiger partial charge < -0.3 is 25.9 Å². The number of thioether (sulfide) groups is 1. The third-order valence-corrected chi connectivity index (χ3v) is 6.80. The fourth-order valence-electron chi connectivity index (χ4n) is 3.93. The van der Waals surface area contributed by atoms with Crippen LogP contribution in [0.15, 0.2) is 72.0 Å². The molecule has 0 saturated carbocycles. The van der Waals surface area contributed by atoms with Gasteiger partial charge in [0.15, 0.2) is 0 Å². The summed E-state index contributed by atoms with van der Waals surface area (Å²) >= 11 is 1.40. The minimum atomic E-state index is -0.996. The number of H-pyrrole nitrogens is 2. The van der Waals surface area contributed by atoms with Gasteiger partial charge in [-0.3, -0.25) is 14.4 Å².